The molecular formula is C17H22N2OS. The Hall–Kier alpha value is -1.55. The lowest BCUT2D eigenvalue weighted by atomic mass is 9.86. The third-order valence-corrected chi connectivity index (χ3v) is 4.17. The number of aryl methyl sites for hydroxylation is 1. The highest BCUT2D eigenvalue weighted by atomic mass is 32.2. The number of H-pyrrole nitrogens is 1. The summed E-state index contributed by atoms with van der Waals surface area (Å²) in [6.45, 7) is 8.49. The number of aromatic amines is 1. The smallest absolute Gasteiger partial charge is 0.255 e. The standard InChI is InChI=1S/C17H22N2OS/c1-11-14(15(20)19-16(18-11)21-5)10-12-6-8-13(9-7-12)17(2,3)4/h6-9H,10H2,1-5H3,(H,18,19,20). The van der Waals surface area contributed by atoms with E-state index in [0.29, 0.717) is 11.6 Å². The highest BCUT2D eigenvalue weighted by molar-refractivity contribution is 7.98. The van der Waals surface area contributed by atoms with E-state index in [2.05, 4.69) is 55.0 Å². The van der Waals surface area contributed by atoms with E-state index in [4.69, 9.17) is 0 Å². The zero-order chi connectivity index (χ0) is 15.6. The van der Waals surface area contributed by atoms with Gasteiger partial charge < -0.3 is 4.98 Å². The summed E-state index contributed by atoms with van der Waals surface area (Å²) in [6, 6.07) is 8.48. The van der Waals surface area contributed by atoms with Crippen molar-refractivity contribution >= 4 is 11.8 Å². The van der Waals surface area contributed by atoms with Crippen LogP contribution >= 0.6 is 11.8 Å². The molecule has 0 aliphatic rings. The van der Waals surface area contributed by atoms with Crippen molar-refractivity contribution in [3.8, 4) is 0 Å². The van der Waals surface area contributed by atoms with Gasteiger partial charge in [-0.15, -0.1) is 0 Å². The number of hydrogen-bond donors (Lipinski definition) is 1. The minimum absolute atomic E-state index is 0.0354. The molecule has 1 heterocycles. The molecule has 1 aromatic carbocycles. The third-order valence-electron chi connectivity index (χ3n) is 3.59. The van der Waals surface area contributed by atoms with Crippen LogP contribution in [0, 0.1) is 6.92 Å². The van der Waals surface area contributed by atoms with Crippen LogP contribution in [0.3, 0.4) is 0 Å². The molecule has 0 unspecified atom stereocenters. The second-order valence-electron chi connectivity index (χ2n) is 6.26. The maximum Gasteiger partial charge on any atom is 0.255 e. The topological polar surface area (TPSA) is 45.8 Å². The molecule has 0 amide bonds. The fourth-order valence-corrected chi connectivity index (χ4v) is 2.64. The van der Waals surface area contributed by atoms with Gasteiger partial charge in [0.15, 0.2) is 5.16 Å². The number of benzene rings is 1. The maximum atomic E-state index is 12.1. The summed E-state index contributed by atoms with van der Waals surface area (Å²) >= 11 is 1.45. The van der Waals surface area contributed by atoms with Crippen LogP contribution in [0.4, 0.5) is 0 Å². The van der Waals surface area contributed by atoms with Crippen LogP contribution < -0.4 is 5.56 Å². The lowest BCUT2D eigenvalue weighted by Crippen LogP contribution is -2.17. The maximum absolute atomic E-state index is 12.1. The van der Waals surface area contributed by atoms with Gasteiger partial charge in [-0.2, -0.15) is 0 Å². The van der Waals surface area contributed by atoms with E-state index in [0.717, 1.165) is 16.8 Å². The average molecular weight is 302 g/mol. The van der Waals surface area contributed by atoms with E-state index in [1.54, 1.807) is 0 Å². The SMILES string of the molecule is CSc1nc(C)c(Cc2ccc(C(C)(C)C)cc2)c(=O)[nH]1. The van der Waals surface area contributed by atoms with Crippen molar-refractivity contribution in [3.63, 3.8) is 0 Å². The Morgan fingerprint density at radius 3 is 2.29 bits per heavy atom. The first-order valence-corrected chi connectivity index (χ1v) is 8.27. The monoisotopic (exact) mass is 302 g/mol. The first kappa shape index (κ1) is 15.8. The number of aromatic nitrogens is 2. The summed E-state index contributed by atoms with van der Waals surface area (Å²) in [5.41, 5.74) is 4.10. The Morgan fingerprint density at radius 1 is 1.19 bits per heavy atom. The molecule has 0 fully saturated rings. The molecule has 4 heteroatoms. The third kappa shape index (κ3) is 3.76. The van der Waals surface area contributed by atoms with Crippen LogP contribution in [0.25, 0.3) is 0 Å². The zero-order valence-electron chi connectivity index (χ0n) is 13.3. The van der Waals surface area contributed by atoms with Crippen molar-refractivity contribution in [1.82, 2.24) is 9.97 Å². The summed E-state index contributed by atoms with van der Waals surface area (Å²) in [5.74, 6) is 0. The minimum atomic E-state index is -0.0354. The number of thioether (sulfide) groups is 1. The molecule has 3 nitrogen and oxygen atoms in total. The predicted octanol–water partition coefficient (Wildman–Crippen LogP) is 3.69. The number of nitrogens with one attached hydrogen (secondary N) is 1. The van der Waals surface area contributed by atoms with E-state index in [1.807, 2.05) is 13.2 Å². The first-order valence-electron chi connectivity index (χ1n) is 7.04. The van der Waals surface area contributed by atoms with Crippen molar-refractivity contribution in [2.75, 3.05) is 6.26 Å². The van der Waals surface area contributed by atoms with E-state index in [9.17, 15) is 4.79 Å². The van der Waals surface area contributed by atoms with Gasteiger partial charge in [-0.05, 0) is 29.7 Å². The lowest BCUT2D eigenvalue weighted by Gasteiger charge is -2.19. The largest absolute Gasteiger partial charge is 0.301 e. The fourth-order valence-electron chi connectivity index (χ4n) is 2.22. The van der Waals surface area contributed by atoms with E-state index in [-0.39, 0.29) is 11.0 Å². The van der Waals surface area contributed by atoms with E-state index < -0.39 is 0 Å². The average Bonchev–Trinajstić information content (AvgIpc) is 2.42. The van der Waals surface area contributed by atoms with Crippen molar-refractivity contribution in [1.29, 1.82) is 0 Å². The highest BCUT2D eigenvalue weighted by Gasteiger charge is 2.14. The Labute approximate surface area is 130 Å². The van der Waals surface area contributed by atoms with Gasteiger partial charge in [0, 0.05) is 17.7 Å². The molecule has 2 aromatic rings. The minimum Gasteiger partial charge on any atom is -0.301 e. The highest BCUT2D eigenvalue weighted by Crippen LogP contribution is 2.23. The molecule has 0 bridgehead atoms. The molecule has 2 rings (SSSR count). The molecule has 0 spiro atoms. The second-order valence-corrected chi connectivity index (χ2v) is 7.06. The number of hydrogen-bond acceptors (Lipinski definition) is 3. The second kappa shape index (κ2) is 6.06. The van der Waals surface area contributed by atoms with Crippen LogP contribution in [0.5, 0.6) is 0 Å². The predicted molar refractivity (Wildman–Crippen MR) is 89.3 cm³/mol. The van der Waals surface area contributed by atoms with Gasteiger partial charge in [0.25, 0.3) is 5.56 Å². The van der Waals surface area contributed by atoms with Crippen LogP contribution in [0.2, 0.25) is 0 Å². The van der Waals surface area contributed by atoms with Gasteiger partial charge in [-0.1, -0.05) is 56.8 Å². The number of rotatable bonds is 3. The quantitative estimate of drug-likeness (QED) is 0.695. The molecule has 0 aliphatic heterocycles. The normalized spacial score (nSPS) is 11.7. The zero-order valence-corrected chi connectivity index (χ0v) is 14.1. The van der Waals surface area contributed by atoms with Crippen molar-refractivity contribution in [2.45, 2.75) is 44.7 Å². The molecule has 1 aromatic heterocycles. The molecular weight excluding hydrogens is 280 g/mol. The van der Waals surface area contributed by atoms with Crippen molar-refractivity contribution in [2.24, 2.45) is 0 Å². The summed E-state index contributed by atoms with van der Waals surface area (Å²) in [5, 5.41) is 0.671. The molecule has 21 heavy (non-hydrogen) atoms. The van der Waals surface area contributed by atoms with Gasteiger partial charge in [0.1, 0.15) is 0 Å². The molecule has 0 aliphatic carbocycles. The van der Waals surface area contributed by atoms with Crippen LogP contribution in [0.1, 0.15) is 43.2 Å². The van der Waals surface area contributed by atoms with Gasteiger partial charge in [-0.3, -0.25) is 4.79 Å². The molecule has 0 saturated heterocycles. The summed E-state index contributed by atoms with van der Waals surface area (Å²) in [4.78, 5) is 19.4. The van der Waals surface area contributed by atoms with E-state index in [1.165, 1.54) is 17.3 Å². The summed E-state index contributed by atoms with van der Waals surface area (Å²) < 4.78 is 0. The number of nitrogens with zero attached hydrogens (tertiary/aromatic N) is 1. The van der Waals surface area contributed by atoms with Crippen LogP contribution in [0.15, 0.2) is 34.2 Å². The fraction of sp³-hybridized carbons (Fsp3) is 0.412. The van der Waals surface area contributed by atoms with Crippen molar-refractivity contribution < 1.29 is 0 Å². The lowest BCUT2D eigenvalue weighted by molar-refractivity contribution is 0.590. The van der Waals surface area contributed by atoms with Gasteiger partial charge >= 0.3 is 0 Å². The van der Waals surface area contributed by atoms with Gasteiger partial charge in [0.2, 0.25) is 0 Å². The van der Waals surface area contributed by atoms with Gasteiger partial charge in [-0.25, -0.2) is 4.98 Å². The van der Waals surface area contributed by atoms with Crippen molar-refractivity contribution in [3.05, 3.63) is 57.0 Å². The van der Waals surface area contributed by atoms with Crippen LogP contribution in [-0.2, 0) is 11.8 Å². The Balaban J connectivity index is 2.29. The molecule has 112 valence electrons. The Kier molecular flexibility index (Phi) is 4.57. The van der Waals surface area contributed by atoms with Gasteiger partial charge in [0.05, 0.1) is 0 Å². The molecule has 1 N–H and O–H groups in total. The first-order chi connectivity index (χ1) is 9.81. The Bertz CT molecular complexity index is 681. The molecule has 0 atom stereocenters. The van der Waals surface area contributed by atoms with Crippen LogP contribution in [-0.4, -0.2) is 16.2 Å². The summed E-state index contributed by atoms with van der Waals surface area (Å²) in [6.07, 6.45) is 2.52. The molecule has 0 radical (unpaired) electrons. The summed E-state index contributed by atoms with van der Waals surface area (Å²) in [7, 11) is 0. The Morgan fingerprint density at radius 2 is 1.81 bits per heavy atom. The van der Waals surface area contributed by atoms with E-state index >= 15 is 0 Å². The molecule has 0 saturated carbocycles.